The van der Waals surface area contributed by atoms with Crippen LogP contribution in [-0.2, 0) is 19.6 Å². The Morgan fingerprint density at radius 2 is 1.70 bits per heavy atom. The first-order valence-corrected chi connectivity index (χ1v) is 11.6. The number of nitrogens with zero attached hydrogens (tertiary/aromatic N) is 1. The second-order valence-electron chi connectivity index (χ2n) is 7.39. The van der Waals surface area contributed by atoms with Crippen LogP contribution in [0.15, 0.2) is 59.5 Å². The predicted molar refractivity (Wildman–Crippen MR) is 115 cm³/mol. The lowest BCUT2D eigenvalue weighted by atomic mass is 10.0. The van der Waals surface area contributed by atoms with Crippen molar-refractivity contribution in [2.45, 2.75) is 43.5 Å². The zero-order chi connectivity index (χ0) is 21.6. The summed E-state index contributed by atoms with van der Waals surface area (Å²) in [6, 6.07) is 15.4. The number of hydrogen-bond donors (Lipinski definition) is 2. The van der Waals surface area contributed by atoms with E-state index in [2.05, 4.69) is 10.6 Å². The lowest BCUT2D eigenvalue weighted by Gasteiger charge is -2.34. The van der Waals surface area contributed by atoms with Crippen LogP contribution in [0.2, 0.25) is 0 Å². The van der Waals surface area contributed by atoms with E-state index >= 15 is 0 Å². The predicted octanol–water partition coefficient (Wildman–Crippen LogP) is 2.68. The molecule has 7 nitrogen and oxygen atoms in total. The van der Waals surface area contributed by atoms with Crippen molar-refractivity contribution in [2.75, 3.05) is 18.4 Å². The molecule has 0 aromatic heterocycles. The lowest BCUT2D eigenvalue weighted by Crippen LogP contribution is -2.45. The molecule has 2 N–H and O–H groups in total. The Labute approximate surface area is 177 Å². The van der Waals surface area contributed by atoms with Crippen molar-refractivity contribution in [1.29, 1.82) is 0 Å². The van der Waals surface area contributed by atoms with E-state index in [9.17, 15) is 18.0 Å². The zero-order valence-corrected chi connectivity index (χ0v) is 17.8. The van der Waals surface area contributed by atoms with Crippen LogP contribution < -0.4 is 10.6 Å². The van der Waals surface area contributed by atoms with Gasteiger partial charge in [0.1, 0.15) is 0 Å². The molecular formula is C22H27N3O4S. The van der Waals surface area contributed by atoms with E-state index < -0.39 is 21.8 Å². The number of aryl methyl sites for hydroxylation is 1. The molecule has 8 heteroatoms. The fourth-order valence-corrected chi connectivity index (χ4v) is 5.38. The number of anilines is 1. The van der Waals surface area contributed by atoms with Gasteiger partial charge in [-0.1, -0.05) is 42.8 Å². The second-order valence-corrected chi connectivity index (χ2v) is 9.28. The molecule has 0 bridgehead atoms. The summed E-state index contributed by atoms with van der Waals surface area (Å²) in [6.07, 6.45) is 2.94. The van der Waals surface area contributed by atoms with Crippen molar-refractivity contribution in [2.24, 2.45) is 0 Å². The summed E-state index contributed by atoms with van der Waals surface area (Å²) in [5.41, 5.74) is 1.45. The van der Waals surface area contributed by atoms with E-state index in [1.807, 2.05) is 19.1 Å². The van der Waals surface area contributed by atoms with Crippen molar-refractivity contribution < 1.29 is 18.0 Å². The van der Waals surface area contributed by atoms with Gasteiger partial charge in [-0.2, -0.15) is 4.31 Å². The molecule has 1 heterocycles. The molecule has 1 saturated heterocycles. The molecule has 0 radical (unpaired) electrons. The summed E-state index contributed by atoms with van der Waals surface area (Å²) in [5.74, 6) is -1.46. The molecule has 2 amide bonds. The highest BCUT2D eigenvalue weighted by Gasteiger charge is 2.33. The summed E-state index contributed by atoms with van der Waals surface area (Å²) in [7, 11) is -3.58. The van der Waals surface area contributed by atoms with Gasteiger partial charge in [0, 0.05) is 24.8 Å². The van der Waals surface area contributed by atoms with E-state index in [1.54, 1.807) is 42.5 Å². The fraction of sp³-hybridized carbons (Fsp3) is 0.364. The first-order valence-electron chi connectivity index (χ1n) is 10.1. The monoisotopic (exact) mass is 429 g/mol. The van der Waals surface area contributed by atoms with E-state index in [-0.39, 0.29) is 17.5 Å². The summed E-state index contributed by atoms with van der Waals surface area (Å²) in [6.45, 7) is 2.54. The van der Waals surface area contributed by atoms with Crippen LogP contribution in [0, 0.1) is 6.92 Å². The van der Waals surface area contributed by atoms with Gasteiger partial charge in [0.15, 0.2) is 0 Å². The van der Waals surface area contributed by atoms with Gasteiger partial charge in [-0.25, -0.2) is 8.42 Å². The molecular weight excluding hydrogens is 402 g/mol. The van der Waals surface area contributed by atoms with Crippen LogP contribution in [0.25, 0.3) is 0 Å². The number of piperidine rings is 1. The van der Waals surface area contributed by atoms with Gasteiger partial charge in [-0.3, -0.25) is 9.59 Å². The average Bonchev–Trinajstić information content (AvgIpc) is 2.76. The molecule has 30 heavy (non-hydrogen) atoms. The van der Waals surface area contributed by atoms with Crippen LogP contribution in [0.4, 0.5) is 5.69 Å². The highest BCUT2D eigenvalue weighted by molar-refractivity contribution is 7.89. The van der Waals surface area contributed by atoms with Gasteiger partial charge in [-0.05, 0) is 49.9 Å². The minimum absolute atomic E-state index is 0.205. The average molecular weight is 430 g/mol. The van der Waals surface area contributed by atoms with Crippen molar-refractivity contribution in [1.82, 2.24) is 9.62 Å². The maximum atomic E-state index is 13.0. The first-order chi connectivity index (χ1) is 14.4. The molecule has 1 unspecified atom stereocenters. The number of rotatable bonds is 6. The van der Waals surface area contributed by atoms with Crippen molar-refractivity contribution >= 4 is 27.5 Å². The Balaban J connectivity index is 1.57. The Bertz CT molecular complexity index is 992. The minimum Gasteiger partial charge on any atom is -0.348 e. The number of amides is 2. The quantitative estimate of drug-likeness (QED) is 0.690. The number of benzene rings is 2. The smallest absolute Gasteiger partial charge is 0.313 e. The maximum Gasteiger partial charge on any atom is 0.313 e. The Kier molecular flexibility index (Phi) is 7.23. The van der Waals surface area contributed by atoms with E-state index in [0.29, 0.717) is 18.7 Å². The van der Waals surface area contributed by atoms with E-state index in [0.717, 1.165) is 24.8 Å². The topological polar surface area (TPSA) is 95.6 Å². The maximum absolute atomic E-state index is 13.0. The molecule has 0 aliphatic carbocycles. The molecule has 2 aromatic rings. The summed E-state index contributed by atoms with van der Waals surface area (Å²) in [4.78, 5) is 24.5. The summed E-state index contributed by atoms with van der Waals surface area (Å²) in [5, 5.41) is 5.20. The van der Waals surface area contributed by atoms with Crippen LogP contribution in [-0.4, -0.2) is 43.7 Å². The third-order valence-electron chi connectivity index (χ3n) is 5.29. The molecule has 1 aliphatic rings. The second kappa shape index (κ2) is 9.86. The molecule has 0 saturated carbocycles. The number of carbonyl (C=O) groups is 2. The molecule has 160 valence electrons. The van der Waals surface area contributed by atoms with Gasteiger partial charge >= 0.3 is 11.8 Å². The Morgan fingerprint density at radius 3 is 2.43 bits per heavy atom. The third-order valence-corrected chi connectivity index (χ3v) is 7.25. The van der Waals surface area contributed by atoms with Crippen LogP contribution in [0.1, 0.15) is 31.2 Å². The van der Waals surface area contributed by atoms with E-state index in [1.165, 1.54) is 4.31 Å². The number of nitrogens with one attached hydrogen (secondary N) is 2. The van der Waals surface area contributed by atoms with Gasteiger partial charge in [0.25, 0.3) is 0 Å². The van der Waals surface area contributed by atoms with Crippen LogP contribution >= 0.6 is 0 Å². The summed E-state index contributed by atoms with van der Waals surface area (Å²) < 4.78 is 27.6. The molecule has 1 fully saturated rings. The largest absolute Gasteiger partial charge is 0.348 e. The molecule has 0 spiro atoms. The number of carbonyl (C=O) groups excluding carboxylic acids is 2. The Morgan fingerprint density at radius 1 is 1.00 bits per heavy atom. The number of hydrogen-bond acceptors (Lipinski definition) is 4. The van der Waals surface area contributed by atoms with Gasteiger partial charge in [0.2, 0.25) is 10.0 Å². The lowest BCUT2D eigenvalue weighted by molar-refractivity contribution is -0.136. The van der Waals surface area contributed by atoms with Crippen molar-refractivity contribution in [3.63, 3.8) is 0 Å². The van der Waals surface area contributed by atoms with E-state index in [4.69, 9.17) is 0 Å². The van der Waals surface area contributed by atoms with Gasteiger partial charge < -0.3 is 10.6 Å². The normalized spacial score (nSPS) is 17.3. The van der Waals surface area contributed by atoms with Crippen molar-refractivity contribution in [3.05, 3.63) is 60.2 Å². The van der Waals surface area contributed by atoms with Gasteiger partial charge in [-0.15, -0.1) is 0 Å². The Hall–Kier alpha value is -2.71. The van der Waals surface area contributed by atoms with Crippen LogP contribution in [0.3, 0.4) is 0 Å². The minimum atomic E-state index is -3.58. The highest BCUT2D eigenvalue weighted by atomic mass is 32.2. The zero-order valence-electron chi connectivity index (χ0n) is 17.0. The standard InChI is InChI=1S/C22H27N3O4S/c1-17-9-5-6-13-20(17)24-22(27)21(26)23-15-14-18-10-7-8-16-25(18)30(28,29)19-11-3-2-4-12-19/h2-6,9,11-13,18H,7-8,10,14-16H2,1H3,(H,23,26)(H,24,27). The molecule has 1 atom stereocenters. The molecule has 3 rings (SSSR count). The first kappa shape index (κ1) is 22.0. The van der Waals surface area contributed by atoms with Gasteiger partial charge in [0.05, 0.1) is 4.90 Å². The fourth-order valence-electron chi connectivity index (χ4n) is 3.63. The SMILES string of the molecule is Cc1ccccc1NC(=O)C(=O)NCCC1CCCCN1S(=O)(=O)c1ccccc1. The van der Waals surface area contributed by atoms with Crippen LogP contribution in [0.5, 0.6) is 0 Å². The third kappa shape index (κ3) is 5.25. The number of para-hydroxylation sites is 1. The molecule has 2 aromatic carbocycles. The highest BCUT2D eigenvalue weighted by Crippen LogP contribution is 2.26. The van der Waals surface area contributed by atoms with Crippen molar-refractivity contribution in [3.8, 4) is 0 Å². The number of sulfonamides is 1. The summed E-state index contributed by atoms with van der Waals surface area (Å²) >= 11 is 0. The molecule has 1 aliphatic heterocycles.